The van der Waals surface area contributed by atoms with Crippen molar-refractivity contribution in [2.45, 2.75) is 45.3 Å². The van der Waals surface area contributed by atoms with E-state index in [1.807, 2.05) is 20.8 Å². The minimum absolute atomic E-state index is 0.141. The molecule has 0 aliphatic carbocycles. The van der Waals surface area contributed by atoms with Gasteiger partial charge in [0.1, 0.15) is 5.82 Å². The molecule has 0 radical (unpaired) electrons. The number of rotatable bonds is 5. The first-order chi connectivity index (χ1) is 7.92. The highest BCUT2D eigenvalue weighted by Gasteiger charge is 2.29. The number of nitrogens with two attached hydrogens (primary N) is 1. The Bertz CT molecular complexity index is 374. The summed E-state index contributed by atoms with van der Waals surface area (Å²) in [5, 5.41) is 0. The van der Waals surface area contributed by atoms with Crippen LogP contribution >= 0.6 is 0 Å². The van der Waals surface area contributed by atoms with Gasteiger partial charge in [0.25, 0.3) is 0 Å². The van der Waals surface area contributed by atoms with Crippen LogP contribution in [-0.4, -0.2) is 18.8 Å². The molecule has 1 rings (SSSR count). The maximum atomic E-state index is 13.2. The lowest BCUT2D eigenvalue weighted by Gasteiger charge is -2.33. The van der Waals surface area contributed by atoms with Crippen molar-refractivity contribution in [3.63, 3.8) is 0 Å². The van der Waals surface area contributed by atoms with E-state index in [-0.39, 0.29) is 17.5 Å². The summed E-state index contributed by atoms with van der Waals surface area (Å²) in [6.45, 7) is 6.01. The van der Waals surface area contributed by atoms with Crippen molar-refractivity contribution < 1.29 is 9.13 Å². The zero-order valence-corrected chi connectivity index (χ0v) is 11.1. The largest absolute Gasteiger partial charge is 0.377 e. The minimum Gasteiger partial charge on any atom is -0.377 e. The second kappa shape index (κ2) is 5.61. The Balaban J connectivity index is 2.87. The molecule has 2 nitrogen and oxygen atoms in total. The fourth-order valence-corrected chi connectivity index (χ4v) is 1.87. The summed E-state index contributed by atoms with van der Waals surface area (Å²) >= 11 is 0. The fraction of sp³-hybridized carbons (Fsp3) is 0.571. The second-order valence-corrected chi connectivity index (χ2v) is 4.75. The standard InChI is InChI=1S/C14H22FNO/c1-5-14(3,17-4)13(16)9-11-8-12(15)7-6-10(11)2/h6-8,13H,5,9,16H2,1-4H3. The van der Waals surface area contributed by atoms with Crippen LogP contribution in [0.25, 0.3) is 0 Å². The molecule has 0 spiro atoms. The third kappa shape index (κ3) is 3.27. The predicted octanol–water partition coefficient (Wildman–Crippen LogP) is 2.82. The van der Waals surface area contributed by atoms with Crippen molar-refractivity contribution in [3.8, 4) is 0 Å². The molecule has 0 bridgehead atoms. The molecule has 17 heavy (non-hydrogen) atoms. The Labute approximate surface area is 103 Å². The quantitative estimate of drug-likeness (QED) is 0.857. The van der Waals surface area contributed by atoms with Crippen LogP contribution in [0.5, 0.6) is 0 Å². The van der Waals surface area contributed by atoms with E-state index in [0.717, 1.165) is 17.5 Å². The molecule has 1 aromatic rings. The van der Waals surface area contributed by atoms with Crippen LogP contribution < -0.4 is 5.73 Å². The van der Waals surface area contributed by atoms with Crippen LogP contribution in [0.4, 0.5) is 4.39 Å². The summed E-state index contributed by atoms with van der Waals surface area (Å²) in [6.07, 6.45) is 1.46. The van der Waals surface area contributed by atoms with Gasteiger partial charge in [0.2, 0.25) is 0 Å². The molecule has 0 saturated carbocycles. The number of halogens is 1. The molecule has 0 heterocycles. The van der Waals surface area contributed by atoms with Crippen LogP contribution in [0.15, 0.2) is 18.2 Å². The summed E-state index contributed by atoms with van der Waals surface area (Å²) in [7, 11) is 1.67. The SMILES string of the molecule is CCC(C)(OC)C(N)Cc1cc(F)ccc1C. The van der Waals surface area contributed by atoms with Gasteiger partial charge in [-0.2, -0.15) is 0 Å². The van der Waals surface area contributed by atoms with E-state index in [1.165, 1.54) is 6.07 Å². The maximum absolute atomic E-state index is 13.2. The summed E-state index contributed by atoms with van der Waals surface area (Å²) in [4.78, 5) is 0. The highest BCUT2D eigenvalue weighted by molar-refractivity contribution is 5.27. The van der Waals surface area contributed by atoms with Crippen LogP contribution in [0.2, 0.25) is 0 Å². The van der Waals surface area contributed by atoms with E-state index in [9.17, 15) is 4.39 Å². The molecule has 1 aromatic carbocycles. The Kier molecular flexibility index (Phi) is 4.66. The van der Waals surface area contributed by atoms with Gasteiger partial charge in [-0.15, -0.1) is 0 Å². The zero-order valence-electron chi connectivity index (χ0n) is 11.1. The number of hydrogen-bond donors (Lipinski definition) is 1. The Morgan fingerprint density at radius 1 is 1.47 bits per heavy atom. The first-order valence-electron chi connectivity index (χ1n) is 5.98. The number of hydrogen-bond acceptors (Lipinski definition) is 2. The molecular formula is C14H22FNO. The number of ether oxygens (including phenoxy) is 1. The zero-order chi connectivity index (χ0) is 13.1. The number of methoxy groups -OCH3 is 1. The third-order valence-electron chi connectivity index (χ3n) is 3.70. The van der Waals surface area contributed by atoms with Gasteiger partial charge in [-0.05, 0) is 49.9 Å². The van der Waals surface area contributed by atoms with E-state index in [0.29, 0.717) is 6.42 Å². The van der Waals surface area contributed by atoms with Gasteiger partial charge >= 0.3 is 0 Å². The molecule has 2 atom stereocenters. The fourth-order valence-electron chi connectivity index (χ4n) is 1.87. The van der Waals surface area contributed by atoms with Gasteiger partial charge in [0, 0.05) is 13.2 Å². The van der Waals surface area contributed by atoms with Crippen molar-refractivity contribution in [1.29, 1.82) is 0 Å². The molecule has 2 unspecified atom stereocenters. The average molecular weight is 239 g/mol. The van der Waals surface area contributed by atoms with Gasteiger partial charge in [-0.25, -0.2) is 4.39 Å². The van der Waals surface area contributed by atoms with Gasteiger partial charge < -0.3 is 10.5 Å². The van der Waals surface area contributed by atoms with Crippen molar-refractivity contribution in [1.82, 2.24) is 0 Å². The van der Waals surface area contributed by atoms with E-state index >= 15 is 0 Å². The van der Waals surface area contributed by atoms with Crippen molar-refractivity contribution in [2.24, 2.45) is 5.73 Å². The second-order valence-electron chi connectivity index (χ2n) is 4.75. The van der Waals surface area contributed by atoms with Crippen LogP contribution in [0.3, 0.4) is 0 Å². The van der Waals surface area contributed by atoms with Crippen molar-refractivity contribution in [3.05, 3.63) is 35.1 Å². The molecule has 96 valence electrons. The molecule has 0 saturated heterocycles. The van der Waals surface area contributed by atoms with Gasteiger partial charge in [-0.1, -0.05) is 13.0 Å². The van der Waals surface area contributed by atoms with Crippen LogP contribution in [0, 0.1) is 12.7 Å². The first kappa shape index (κ1) is 14.1. The van der Waals surface area contributed by atoms with Gasteiger partial charge in [-0.3, -0.25) is 0 Å². The summed E-state index contributed by atoms with van der Waals surface area (Å²) in [6, 6.07) is 4.67. The van der Waals surface area contributed by atoms with E-state index < -0.39 is 0 Å². The average Bonchev–Trinajstić information content (AvgIpc) is 2.32. The summed E-state index contributed by atoms with van der Waals surface area (Å²) in [5.41, 5.74) is 7.83. The highest BCUT2D eigenvalue weighted by Crippen LogP contribution is 2.22. The van der Waals surface area contributed by atoms with Gasteiger partial charge in [0.15, 0.2) is 0 Å². The number of aryl methyl sites for hydroxylation is 1. The molecule has 0 aliphatic rings. The molecule has 0 fully saturated rings. The third-order valence-corrected chi connectivity index (χ3v) is 3.70. The minimum atomic E-state index is -0.362. The normalized spacial score (nSPS) is 16.6. The lowest BCUT2D eigenvalue weighted by Crippen LogP contribution is -2.48. The molecule has 0 amide bonds. The lowest BCUT2D eigenvalue weighted by molar-refractivity contribution is -0.0185. The molecule has 0 aliphatic heterocycles. The topological polar surface area (TPSA) is 35.2 Å². The van der Waals surface area contributed by atoms with E-state index in [4.69, 9.17) is 10.5 Å². The Hall–Kier alpha value is -0.930. The molecule has 0 aromatic heterocycles. The molecule has 2 N–H and O–H groups in total. The van der Waals surface area contributed by atoms with E-state index in [1.54, 1.807) is 19.2 Å². The first-order valence-corrected chi connectivity index (χ1v) is 5.98. The summed E-state index contributed by atoms with van der Waals surface area (Å²) in [5.74, 6) is -0.214. The highest BCUT2D eigenvalue weighted by atomic mass is 19.1. The lowest BCUT2D eigenvalue weighted by atomic mass is 9.88. The number of benzene rings is 1. The predicted molar refractivity (Wildman–Crippen MR) is 68.5 cm³/mol. The van der Waals surface area contributed by atoms with Crippen molar-refractivity contribution >= 4 is 0 Å². The molecular weight excluding hydrogens is 217 g/mol. The van der Waals surface area contributed by atoms with Crippen LogP contribution in [-0.2, 0) is 11.2 Å². The van der Waals surface area contributed by atoms with Gasteiger partial charge in [0.05, 0.1) is 5.60 Å². The Morgan fingerprint density at radius 3 is 2.65 bits per heavy atom. The van der Waals surface area contributed by atoms with Crippen molar-refractivity contribution in [2.75, 3.05) is 7.11 Å². The maximum Gasteiger partial charge on any atom is 0.123 e. The molecule has 3 heteroatoms. The van der Waals surface area contributed by atoms with Crippen LogP contribution in [0.1, 0.15) is 31.4 Å². The Morgan fingerprint density at radius 2 is 2.12 bits per heavy atom. The monoisotopic (exact) mass is 239 g/mol. The summed E-state index contributed by atoms with van der Waals surface area (Å²) < 4.78 is 18.7. The smallest absolute Gasteiger partial charge is 0.123 e. The van der Waals surface area contributed by atoms with E-state index in [2.05, 4.69) is 0 Å².